The van der Waals surface area contributed by atoms with Crippen molar-refractivity contribution >= 4 is 24.2 Å². The second-order valence-electron chi connectivity index (χ2n) is 5.45. The van der Waals surface area contributed by atoms with E-state index in [1.54, 1.807) is 24.3 Å². The van der Waals surface area contributed by atoms with Crippen molar-refractivity contribution < 1.29 is 9.59 Å². The number of primary amides is 1. The summed E-state index contributed by atoms with van der Waals surface area (Å²) in [5.41, 5.74) is 12.1. The number of hydrogen-bond acceptors (Lipinski definition) is 3. The van der Waals surface area contributed by atoms with E-state index in [2.05, 4.69) is 0 Å². The molecule has 2 amide bonds. The Morgan fingerprint density at radius 3 is 2.33 bits per heavy atom. The topological polar surface area (TPSA) is 89.4 Å². The maximum absolute atomic E-state index is 12.4. The van der Waals surface area contributed by atoms with Crippen LogP contribution < -0.4 is 11.5 Å². The molecule has 1 aromatic rings. The van der Waals surface area contributed by atoms with Gasteiger partial charge in [0.1, 0.15) is 0 Å². The minimum Gasteiger partial charge on any atom is -0.366 e. The van der Waals surface area contributed by atoms with Crippen LogP contribution in [0.5, 0.6) is 0 Å². The molecular formula is C15H22ClN3O2. The first kappa shape index (κ1) is 17.5. The van der Waals surface area contributed by atoms with Gasteiger partial charge < -0.3 is 16.4 Å². The van der Waals surface area contributed by atoms with Crippen molar-refractivity contribution in [1.82, 2.24) is 4.90 Å². The van der Waals surface area contributed by atoms with Crippen LogP contribution in [0.2, 0.25) is 0 Å². The van der Waals surface area contributed by atoms with E-state index in [1.165, 1.54) is 0 Å². The Morgan fingerprint density at radius 2 is 1.81 bits per heavy atom. The third-order valence-corrected chi connectivity index (χ3v) is 3.90. The fourth-order valence-corrected chi connectivity index (χ4v) is 2.58. The van der Waals surface area contributed by atoms with Crippen LogP contribution in [-0.2, 0) is 0 Å². The standard InChI is InChI=1S/C15H21N3O2.ClH/c1-10(16)13-3-2-8-18(9-13)15(20)12-6-4-11(5-7-12)14(17)19;/h4-7,10,13H,2-3,8-9,16H2,1H3,(H2,17,19);1H. The number of likely N-dealkylation sites (tertiary alicyclic amines) is 1. The third-order valence-electron chi connectivity index (χ3n) is 3.90. The molecule has 21 heavy (non-hydrogen) atoms. The number of rotatable bonds is 3. The van der Waals surface area contributed by atoms with Crippen LogP contribution in [0.3, 0.4) is 0 Å². The summed E-state index contributed by atoms with van der Waals surface area (Å²) >= 11 is 0. The predicted octanol–water partition coefficient (Wildman–Crippen LogP) is 1.41. The Morgan fingerprint density at radius 1 is 1.24 bits per heavy atom. The molecule has 1 aliphatic rings. The number of benzene rings is 1. The number of amides is 2. The van der Waals surface area contributed by atoms with Crippen LogP contribution in [0, 0.1) is 5.92 Å². The average molecular weight is 312 g/mol. The molecule has 5 nitrogen and oxygen atoms in total. The highest BCUT2D eigenvalue weighted by Gasteiger charge is 2.26. The van der Waals surface area contributed by atoms with Crippen LogP contribution in [-0.4, -0.2) is 35.8 Å². The summed E-state index contributed by atoms with van der Waals surface area (Å²) in [5, 5.41) is 0. The number of hydrogen-bond donors (Lipinski definition) is 2. The lowest BCUT2D eigenvalue weighted by atomic mass is 9.92. The van der Waals surface area contributed by atoms with E-state index in [1.807, 2.05) is 11.8 Å². The molecule has 0 aromatic heterocycles. The summed E-state index contributed by atoms with van der Waals surface area (Å²) < 4.78 is 0. The van der Waals surface area contributed by atoms with E-state index in [-0.39, 0.29) is 24.4 Å². The van der Waals surface area contributed by atoms with Gasteiger partial charge in [-0.3, -0.25) is 9.59 Å². The second-order valence-corrected chi connectivity index (χ2v) is 5.45. The predicted molar refractivity (Wildman–Crippen MR) is 84.5 cm³/mol. The molecule has 1 heterocycles. The molecule has 0 saturated carbocycles. The molecule has 2 rings (SSSR count). The minimum absolute atomic E-state index is 0. The lowest BCUT2D eigenvalue weighted by Crippen LogP contribution is -2.45. The van der Waals surface area contributed by atoms with Gasteiger partial charge in [-0.1, -0.05) is 0 Å². The molecule has 1 aromatic carbocycles. The van der Waals surface area contributed by atoms with E-state index in [0.717, 1.165) is 19.4 Å². The van der Waals surface area contributed by atoms with E-state index >= 15 is 0 Å². The number of piperidine rings is 1. The van der Waals surface area contributed by atoms with Gasteiger partial charge in [-0.15, -0.1) is 12.4 Å². The lowest BCUT2D eigenvalue weighted by Gasteiger charge is -2.34. The fourth-order valence-electron chi connectivity index (χ4n) is 2.58. The monoisotopic (exact) mass is 311 g/mol. The Bertz CT molecular complexity index is 502. The van der Waals surface area contributed by atoms with Crippen molar-refractivity contribution in [2.24, 2.45) is 17.4 Å². The second kappa shape index (κ2) is 7.43. The number of nitrogens with two attached hydrogens (primary N) is 2. The molecule has 0 bridgehead atoms. The Kier molecular flexibility index (Phi) is 6.18. The first-order chi connectivity index (χ1) is 9.49. The quantitative estimate of drug-likeness (QED) is 0.884. The lowest BCUT2D eigenvalue weighted by molar-refractivity contribution is 0.0660. The largest absolute Gasteiger partial charge is 0.366 e. The molecule has 6 heteroatoms. The maximum Gasteiger partial charge on any atom is 0.253 e. The Labute approximate surface area is 131 Å². The highest BCUT2D eigenvalue weighted by molar-refractivity contribution is 5.97. The number of nitrogens with zero attached hydrogens (tertiary/aromatic N) is 1. The summed E-state index contributed by atoms with van der Waals surface area (Å²) in [4.78, 5) is 25.3. The molecule has 0 spiro atoms. The summed E-state index contributed by atoms with van der Waals surface area (Å²) in [6, 6.07) is 6.57. The summed E-state index contributed by atoms with van der Waals surface area (Å²) in [6.07, 6.45) is 2.05. The van der Waals surface area contributed by atoms with Crippen molar-refractivity contribution in [2.75, 3.05) is 13.1 Å². The zero-order valence-corrected chi connectivity index (χ0v) is 12.9. The van der Waals surface area contributed by atoms with Gasteiger partial charge in [-0.25, -0.2) is 0 Å². The van der Waals surface area contributed by atoms with Gasteiger partial charge in [0.15, 0.2) is 0 Å². The molecule has 2 unspecified atom stereocenters. The number of carbonyl (C=O) groups is 2. The minimum atomic E-state index is -0.487. The summed E-state index contributed by atoms with van der Waals surface area (Å²) in [7, 11) is 0. The van der Waals surface area contributed by atoms with Gasteiger partial charge in [0, 0.05) is 30.3 Å². The number of carbonyl (C=O) groups excluding carboxylic acids is 2. The average Bonchev–Trinajstić information content (AvgIpc) is 2.46. The summed E-state index contributed by atoms with van der Waals surface area (Å²) in [6.45, 7) is 3.45. The van der Waals surface area contributed by atoms with Gasteiger partial charge in [-0.2, -0.15) is 0 Å². The number of halogens is 1. The van der Waals surface area contributed by atoms with Gasteiger partial charge in [0.2, 0.25) is 5.91 Å². The van der Waals surface area contributed by atoms with Gasteiger partial charge in [0.05, 0.1) is 0 Å². The maximum atomic E-state index is 12.4. The highest BCUT2D eigenvalue weighted by atomic mass is 35.5. The molecule has 0 radical (unpaired) electrons. The molecule has 1 saturated heterocycles. The van der Waals surface area contributed by atoms with Gasteiger partial charge in [0.25, 0.3) is 5.91 Å². The third kappa shape index (κ3) is 4.19. The highest BCUT2D eigenvalue weighted by Crippen LogP contribution is 2.20. The van der Waals surface area contributed by atoms with Crippen LogP contribution in [0.15, 0.2) is 24.3 Å². The molecule has 2 atom stereocenters. The first-order valence-electron chi connectivity index (χ1n) is 6.93. The van der Waals surface area contributed by atoms with E-state index in [4.69, 9.17) is 11.5 Å². The van der Waals surface area contributed by atoms with Crippen LogP contribution >= 0.6 is 12.4 Å². The molecular weight excluding hydrogens is 290 g/mol. The van der Waals surface area contributed by atoms with Crippen molar-refractivity contribution in [3.63, 3.8) is 0 Å². The van der Waals surface area contributed by atoms with Crippen molar-refractivity contribution in [3.8, 4) is 0 Å². The van der Waals surface area contributed by atoms with E-state index < -0.39 is 5.91 Å². The SMILES string of the molecule is CC(N)C1CCCN(C(=O)c2ccc(C(N)=O)cc2)C1.Cl. The van der Waals surface area contributed by atoms with Crippen LogP contribution in [0.1, 0.15) is 40.5 Å². The van der Waals surface area contributed by atoms with Crippen LogP contribution in [0.25, 0.3) is 0 Å². The van der Waals surface area contributed by atoms with Gasteiger partial charge >= 0.3 is 0 Å². The van der Waals surface area contributed by atoms with Crippen LogP contribution in [0.4, 0.5) is 0 Å². The normalized spacial score (nSPS) is 19.5. The molecule has 4 N–H and O–H groups in total. The zero-order valence-electron chi connectivity index (χ0n) is 12.1. The molecule has 0 aliphatic carbocycles. The summed E-state index contributed by atoms with van der Waals surface area (Å²) in [5.74, 6) is -0.136. The Balaban J connectivity index is 0.00000220. The van der Waals surface area contributed by atoms with Crippen molar-refractivity contribution in [2.45, 2.75) is 25.8 Å². The first-order valence-corrected chi connectivity index (χ1v) is 6.93. The molecule has 1 aliphatic heterocycles. The van der Waals surface area contributed by atoms with Gasteiger partial charge in [-0.05, 0) is 49.9 Å². The molecule has 116 valence electrons. The van der Waals surface area contributed by atoms with Crippen molar-refractivity contribution in [3.05, 3.63) is 35.4 Å². The Hall–Kier alpha value is -1.59. The van der Waals surface area contributed by atoms with Crippen molar-refractivity contribution in [1.29, 1.82) is 0 Å². The fraction of sp³-hybridized carbons (Fsp3) is 0.467. The van der Waals surface area contributed by atoms with E-state index in [9.17, 15) is 9.59 Å². The zero-order chi connectivity index (χ0) is 14.7. The molecule has 1 fully saturated rings. The smallest absolute Gasteiger partial charge is 0.253 e. The van der Waals surface area contributed by atoms with E-state index in [0.29, 0.717) is 23.6 Å².